The molecule has 1 fully saturated rings. The number of benzene rings is 1. The molecule has 0 unspecified atom stereocenters. The standard InChI is InChI=1S/C17H26N2O2/c1-2-8-18-14-6-9-19(10-7-14)15-4-5-16-17(13-15)21-12-3-11-20-16/h4-5,13-14,18H,2-3,6-12H2,1H3. The summed E-state index contributed by atoms with van der Waals surface area (Å²) in [7, 11) is 0. The summed E-state index contributed by atoms with van der Waals surface area (Å²) >= 11 is 0. The fraction of sp³-hybridized carbons (Fsp3) is 0.647. The van der Waals surface area contributed by atoms with E-state index in [2.05, 4.69) is 35.3 Å². The van der Waals surface area contributed by atoms with Gasteiger partial charge in [0.05, 0.1) is 13.2 Å². The Morgan fingerprint density at radius 1 is 1.14 bits per heavy atom. The van der Waals surface area contributed by atoms with Crippen LogP contribution in [0.15, 0.2) is 18.2 Å². The Morgan fingerprint density at radius 3 is 2.67 bits per heavy atom. The van der Waals surface area contributed by atoms with E-state index in [1.807, 2.05) is 0 Å². The van der Waals surface area contributed by atoms with Crippen molar-refractivity contribution in [3.05, 3.63) is 18.2 Å². The number of nitrogens with zero attached hydrogens (tertiary/aromatic N) is 1. The molecular formula is C17H26N2O2. The summed E-state index contributed by atoms with van der Waals surface area (Å²) in [4.78, 5) is 2.46. The molecule has 2 aliphatic rings. The molecule has 0 spiro atoms. The topological polar surface area (TPSA) is 33.7 Å². The highest BCUT2D eigenvalue weighted by Gasteiger charge is 2.20. The van der Waals surface area contributed by atoms with Gasteiger partial charge in [-0.3, -0.25) is 0 Å². The first-order valence-electron chi connectivity index (χ1n) is 8.25. The summed E-state index contributed by atoms with van der Waals surface area (Å²) in [6, 6.07) is 7.03. The van der Waals surface area contributed by atoms with Crippen LogP contribution in [-0.4, -0.2) is 38.9 Å². The Labute approximate surface area is 127 Å². The highest BCUT2D eigenvalue weighted by Crippen LogP contribution is 2.34. The molecule has 0 amide bonds. The number of rotatable bonds is 4. The number of ether oxygens (including phenoxy) is 2. The maximum Gasteiger partial charge on any atom is 0.163 e. The van der Waals surface area contributed by atoms with Gasteiger partial charge in [0, 0.05) is 37.3 Å². The zero-order valence-electron chi connectivity index (χ0n) is 12.9. The lowest BCUT2D eigenvalue weighted by Crippen LogP contribution is -2.42. The van der Waals surface area contributed by atoms with E-state index < -0.39 is 0 Å². The molecule has 3 rings (SSSR count). The van der Waals surface area contributed by atoms with Crippen molar-refractivity contribution in [2.24, 2.45) is 0 Å². The molecule has 0 aliphatic carbocycles. The average Bonchev–Trinajstić information content (AvgIpc) is 2.78. The van der Waals surface area contributed by atoms with Gasteiger partial charge in [-0.25, -0.2) is 0 Å². The van der Waals surface area contributed by atoms with Crippen LogP contribution in [-0.2, 0) is 0 Å². The van der Waals surface area contributed by atoms with E-state index >= 15 is 0 Å². The molecule has 0 aromatic heterocycles. The molecule has 21 heavy (non-hydrogen) atoms. The molecule has 0 radical (unpaired) electrons. The predicted octanol–water partition coefficient (Wildman–Crippen LogP) is 2.82. The highest BCUT2D eigenvalue weighted by molar-refractivity contribution is 5.56. The normalized spacial score (nSPS) is 19.4. The summed E-state index contributed by atoms with van der Waals surface area (Å²) in [5.74, 6) is 1.78. The maximum absolute atomic E-state index is 5.79. The molecule has 2 aliphatic heterocycles. The Balaban J connectivity index is 1.61. The molecule has 0 bridgehead atoms. The zero-order chi connectivity index (χ0) is 14.5. The van der Waals surface area contributed by atoms with E-state index in [0.29, 0.717) is 6.04 Å². The van der Waals surface area contributed by atoms with Crippen LogP contribution >= 0.6 is 0 Å². The summed E-state index contributed by atoms with van der Waals surface area (Å²) in [6.45, 7) is 7.08. The quantitative estimate of drug-likeness (QED) is 0.924. The van der Waals surface area contributed by atoms with Gasteiger partial charge in [0.1, 0.15) is 0 Å². The van der Waals surface area contributed by atoms with Crippen LogP contribution in [0.2, 0.25) is 0 Å². The Hall–Kier alpha value is -1.42. The van der Waals surface area contributed by atoms with Gasteiger partial charge in [-0.1, -0.05) is 6.92 Å². The van der Waals surface area contributed by atoms with Gasteiger partial charge < -0.3 is 19.7 Å². The van der Waals surface area contributed by atoms with Crippen molar-refractivity contribution in [3.63, 3.8) is 0 Å². The van der Waals surface area contributed by atoms with Crippen LogP contribution in [0.5, 0.6) is 11.5 Å². The second kappa shape index (κ2) is 7.03. The van der Waals surface area contributed by atoms with Crippen molar-refractivity contribution in [2.45, 2.75) is 38.6 Å². The summed E-state index contributed by atoms with van der Waals surface area (Å²) < 4.78 is 11.5. The Morgan fingerprint density at radius 2 is 1.90 bits per heavy atom. The second-order valence-corrected chi connectivity index (χ2v) is 5.90. The minimum atomic E-state index is 0.682. The molecule has 116 valence electrons. The third-order valence-electron chi connectivity index (χ3n) is 4.27. The molecule has 2 heterocycles. The van der Waals surface area contributed by atoms with Crippen LogP contribution < -0.4 is 19.7 Å². The molecule has 1 saturated heterocycles. The molecule has 0 saturated carbocycles. The largest absolute Gasteiger partial charge is 0.490 e. The first-order valence-corrected chi connectivity index (χ1v) is 8.25. The molecule has 1 N–H and O–H groups in total. The number of hydrogen-bond acceptors (Lipinski definition) is 4. The van der Waals surface area contributed by atoms with E-state index in [1.54, 1.807) is 0 Å². The van der Waals surface area contributed by atoms with Crippen molar-refractivity contribution in [1.29, 1.82) is 0 Å². The molecule has 4 nitrogen and oxygen atoms in total. The van der Waals surface area contributed by atoms with Gasteiger partial charge in [-0.2, -0.15) is 0 Å². The lowest BCUT2D eigenvalue weighted by molar-refractivity contribution is 0.297. The number of piperidine rings is 1. The van der Waals surface area contributed by atoms with Gasteiger partial charge >= 0.3 is 0 Å². The minimum Gasteiger partial charge on any atom is -0.490 e. The molecule has 1 aromatic carbocycles. The van der Waals surface area contributed by atoms with Gasteiger partial charge in [-0.05, 0) is 37.9 Å². The number of anilines is 1. The first-order chi connectivity index (χ1) is 10.4. The van der Waals surface area contributed by atoms with E-state index in [-0.39, 0.29) is 0 Å². The zero-order valence-corrected chi connectivity index (χ0v) is 12.9. The highest BCUT2D eigenvalue weighted by atomic mass is 16.5. The van der Waals surface area contributed by atoms with Gasteiger partial charge in [-0.15, -0.1) is 0 Å². The molecule has 0 atom stereocenters. The summed E-state index contributed by atoms with van der Waals surface area (Å²) in [5, 5.41) is 3.63. The number of hydrogen-bond donors (Lipinski definition) is 1. The van der Waals surface area contributed by atoms with Crippen LogP contribution in [0, 0.1) is 0 Å². The SMILES string of the molecule is CCCNC1CCN(c2ccc3c(c2)OCCCO3)CC1. The lowest BCUT2D eigenvalue weighted by atomic mass is 10.0. The van der Waals surface area contributed by atoms with Crippen LogP contribution in [0.4, 0.5) is 5.69 Å². The van der Waals surface area contributed by atoms with Gasteiger partial charge in [0.25, 0.3) is 0 Å². The molecule has 4 heteroatoms. The van der Waals surface area contributed by atoms with Gasteiger partial charge in [0.15, 0.2) is 11.5 Å². The van der Waals surface area contributed by atoms with E-state index in [9.17, 15) is 0 Å². The van der Waals surface area contributed by atoms with E-state index in [4.69, 9.17) is 9.47 Å². The van der Waals surface area contributed by atoms with Crippen molar-refractivity contribution in [3.8, 4) is 11.5 Å². The lowest BCUT2D eigenvalue weighted by Gasteiger charge is -2.34. The summed E-state index contributed by atoms with van der Waals surface area (Å²) in [6.07, 6.45) is 4.60. The Kier molecular flexibility index (Phi) is 4.86. The predicted molar refractivity (Wildman–Crippen MR) is 85.6 cm³/mol. The van der Waals surface area contributed by atoms with Gasteiger partial charge in [0.2, 0.25) is 0 Å². The van der Waals surface area contributed by atoms with Crippen LogP contribution in [0.3, 0.4) is 0 Å². The smallest absolute Gasteiger partial charge is 0.163 e. The monoisotopic (exact) mass is 290 g/mol. The van der Waals surface area contributed by atoms with Crippen molar-refractivity contribution >= 4 is 5.69 Å². The summed E-state index contributed by atoms with van der Waals surface area (Å²) in [5.41, 5.74) is 1.26. The third kappa shape index (κ3) is 3.62. The average molecular weight is 290 g/mol. The molecular weight excluding hydrogens is 264 g/mol. The van der Waals surface area contributed by atoms with Crippen LogP contribution in [0.1, 0.15) is 32.6 Å². The number of fused-ring (bicyclic) bond motifs is 1. The van der Waals surface area contributed by atoms with Crippen molar-refractivity contribution in [1.82, 2.24) is 5.32 Å². The third-order valence-corrected chi connectivity index (χ3v) is 4.27. The number of nitrogens with one attached hydrogen (secondary N) is 1. The maximum atomic E-state index is 5.79. The van der Waals surface area contributed by atoms with E-state index in [1.165, 1.54) is 24.9 Å². The molecule has 1 aromatic rings. The second-order valence-electron chi connectivity index (χ2n) is 5.90. The Bertz CT molecular complexity index is 456. The van der Waals surface area contributed by atoms with Crippen molar-refractivity contribution in [2.75, 3.05) is 37.7 Å². The fourth-order valence-corrected chi connectivity index (χ4v) is 3.04. The van der Waals surface area contributed by atoms with Crippen LogP contribution in [0.25, 0.3) is 0 Å². The minimum absolute atomic E-state index is 0.682. The fourth-order valence-electron chi connectivity index (χ4n) is 3.04. The van der Waals surface area contributed by atoms with E-state index in [0.717, 1.165) is 50.8 Å². The van der Waals surface area contributed by atoms with Crippen molar-refractivity contribution < 1.29 is 9.47 Å². The first kappa shape index (κ1) is 14.5.